The molecular weight excluding hydrogens is 176 g/mol. The van der Waals surface area contributed by atoms with Gasteiger partial charge < -0.3 is 9.84 Å². The molecule has 0 spiro atoms. The Labute approximate surface area is 85.5 Å². The number of methoxy groups -OCH3 is 1. The van der Waals surface area contributed by atoms with Crippen molar-refractivity contribution in [3.8, 4) is 11.5 Å². The molecule has 1 aromatic carbocycles. The van der Waals surface area contributed by atoms with E-state index in [1.807, 2.05) is 6.92 Å². The topological polar surface area (TPSA) is 29.5 Å². The quantitative estimate of drug-likeness (QED) is 0.744. The Hall–Kier alpha value is -1.18. The molecule has 0 saturated carbocycles. The maximum absolute atomic E-state index is 9.71. The second kappa shape index (κ2) is 3.52. The summed E-state index contributed by atoms with van der Waals surface area (Å²) >= 11 is 0. The highest BCUT2D eigenvalue weighted by atomic mass is 16.5. The van der Waals surface area contributed by atoms with E-state index >= 15 is 0 Å². The second-order valence-corrected chi connectivity index (χ2v) is 4.61. The Kier molecular flexibility index (Phi) is 2.74. The molecule has 1 rings (SSSR count). The van der Waals surface area contributed by atoms with E-state index in [0.29, 0.717) is 5.75 Å². The lowest BCUT2D eigenvalue weighted by atomic mass is 9.85. The van der Waals surface area contributed by atoms with Crippen LogP contribution in [0.3, 0.4) is 0 Å². The zero-order valence-corrected chi connectivity index (χ0v) is 9.51. The van der Waals surface area contributed by atoms with Gasteiger partial charge in [0.15, 0.2) is 11.5 Å². The van der Waals surface area contributed by atoms with E-state index < -0.39 is 0 Å². The van der Waals surface area contributed by atoms with Gasteiger partial charge in [-0.25, -0.2) is 0 Å². The summed E-state index contributed by atoms with van der Waals surface area (Å²) in [6.45, 7) is 8.27. The Balaban J connectivity index is 3.40. The Morgan fingerprint density at radius 2 is 1.79 bits per heavy atom. The van der Waals surface area contributed by atoms with Crippen molar-refractivity contribution in [3.05, 3.63) is 23.3 Å². The predicted molar refractivity (Wildman–Crippen MR) is 58.1 cm³/mol. The number of rotatable bonds is 1. The molecule has 0 unspecified atom stereocenters. The van der Waals surface area contributed by atoms with Crippen molar-refractivity contribution < 1.29 is 9.84 Å². The number of benzene rings is 1. The second-order valence-electron chi connectivity index (χ2n) is 4.61. The van der Waals surface area contributed by atoms with Crippen LogP contribution in [-0.2, 0) is 5.41 Å². The Morgan fingerprint density at radius 3 is 2.21 bits per heavy atom. The largest absolute Gasteiger partial charge is 0.504 e. The highest BCUT2D eigenvalue weighted by Gasteiger charge is 2.21. The molecule has 0 saturated heterocycles. The normalized spacial score (nSPS) is 11.5. The molecule has 1 aromatic rings. The van der Waals surface area contributed by atoms with Gasteiger partial charge in [-0.05, 0) is 24.0 Å². The maximum Gasteiger partial charge on any atom is 0.164 e. The van der Waals surface area contributed by atoms with Crippen molar-refractivity contribution >= 4 is 0 Å². The van der Waals surface area contributed by atoms with Crippen LogP contribution in [0, 0.1) is 6.92 Å². The van der Waals surface area contributed by atoms with E-state index in [4.69, 9.17) is 4.74 Å². The van der Waals surface area contributed by atoms with Crippen molar-refractivity contribution in [1.29, 1.82) is 0 Å². The maximum atomic E-state index is 9.71. The minimum Gasteiger partial charge on any atom is -0.504 e. The molecule has 0 aliphatic rings. The highest BCUT2D eigenvalue weighted by molar-refractivity contribution is 5.51. The first-order chi connectivity index (χ1) is 6.36. The number of phenols is 1. The molecule has 2 heteroatoms. The monoisotopic (exact) mass is 194 g/mol. The van der Waals surface area contributed by atoms with E-state index in [1.54, 1.807) is 13.2 Å². The highest BCUT2D eigenvalue weighted by Crippen LogP contribution is 2.38. The van der Waals surface area contributed by atoms with E-state index in [0.717, 1.165) is 11.1 Å². The first-order valence-electron chi connectivity index (χ1n) is 4.74. The average molecular weight is 194 g/mol. The van der Waals surface area contributed by atoms with Crippen molar-refractivity contribution in [2.45, 2.75) is 33.1 Å². The van der Waals surface area contributed by atoms with Crippen LogP contribution in [-0.4, -0.2) is 12.2 Å². The molecule has 0 heterocycles. The van der Waals surface area contributed by atoms with E-state index in [2.05, 4.69) is 26.8 Å². The van der Waals surface area contributed by atoms with Crippen molar-refractivity contribution in [1.82, 2.24) is 0 Å². The zero-order valence-electron chi connectivity index (χ0n) is 9.51. The van der Waals surface area contributed by atoms with Crippen molar-refractivity contribution in [2.24, 2.45) is 0 Å². The summed E-state index contributed by atoms with van der Waals surface area (Å²) in [5.41, 5.74) is 2.07. The van der Waals surface area contributed by atoms with Crippen LogP contribution in [0.25, 0.3) is 0 Å². The molecule has 0 atom stereocenters. The summed E-state index contributed by atoms with van der Waals surface area (Å²) in [6, 6.07) is 3.77. The Bertz CT molecular complexity index is 335. The average Bonchev–Trinajstić information content (AvgIpc) is 2.01. The van der Waals surface area contributed by atoms with Crippen molar-refractivity contribution in [2.75, 3.05) is 7.11 Å². The lowest BCUT2D eigenvalue weighted by molar-refractivity contribution is 0.360. The van der Waals surface area contributed by atoms with Crippen LogP contribution >= 0.6 is 0 Å². The molecule has 1 N–H and O–H groups in total. The van der Waals surface area contributed by atoms with Gasteiger partial charge in [-0.1, -0.05) is 26.8 Å². The minimum atomic E-state index is -0.0190. The fraction of sp³-hybridized carbons (Fsp3) is 0.500. The van der Waals surface area contributed by atoms with Gasteiger partial charge in [0.25, 0.3) is 0 Å². The molecule has 0 radical (unpaired) electrons. The van der Waals surface area contributed by atoms with E-state index in [9.17, 15) is 5.11 Å². The van der Waals surface area contributed by atoms with Crippen LogP contribution in [0.5, 0.6) is 11.5 Å². The molecular formula is C12H18O2. The van der Waals surface area contributed by atoms with Gasteiger partial charge in [-0.3, -0.25) is 0 Å². The van der Waals surface area contributed by atoms with Gasteiger partial charge >= 0.3 is 0 Å². The van der Waals surface area contributed by atoms with Crippen LogP contribution in [0.1, 0.15) is 31.9 Å². The molecule has 78 valence electrons. The summed E-state index contributed by atoms with van der Waals surface area (Å²) in [7, 11) is 1.58. The lowest BCUT2D eigenvalue weighted by Crippen LogP contribution is -2.13. The first-order valence-corrected chi connectivity index (χ1v) is 4.74. The fourth-order valence-corrected chi connectivity index (χ4v) is 1.53. The lowest BCUT2D eigenvalue weighted by Gasteiger charge is -2.23. The molecule has 0 fully saturated rings. The number of hydrogen-bond donors (Lipinski definition) is 1. The Morgan fingerprint density at radius 1 is 1.21 bits per heavy atom. The van der Waals surface area contributed by atoms with Crippen LogP contribution in [0.4, 0.5) is 0 Å². The standard InChI is InChI=1S/C12H18O2/c1-8-6-9(12(2,3)4)11(14-5)10(13)7-8/h6-7,13H,1-5H3. The van der Waals surface area contributed by atoms with Gasteiger partial charge in [0.1, 0.15) is 0 Å². The van der Waals surface area contributed by atoms with Crippen LogP contribution < -0.4 is 4.74 Å². The van der Waals surface area contributed by atoms with Gasteiger partial charge in [-0.2, -0.15) is 0 Å². The van der Waals surface area contributed by atoms with Crippen LogP contribution in [0.15, 0.2) is 12.1 Å². The molecule has 0 aliphatic carbocycles. The van der Waals surface area contributed by atoms with Crippen molar-refractivity contribution in [3.63, 3.8) is 0 Å². The summed E-state index contributed by atoms with van der Waals surface area (Å²) in [5.74, 6) is 0.806. The molecule has 0 aliphatic heterocycles. The fourth-order valence-electron chi connectivity index (χ4n) is 1.53. The van der Waals surface area contributed by atoms with Gasteiger partial charge in [-0.15, -0.1) is 0 Å². The van der Waals surface area contributed by atoms with Gasteiger partial charge in [0.05, 0.1) is 7.11 Å². The summed E-state index contributed by atoms with van der Waals surface area (Å²) in [5, 5.41) is 9.71. The molecule has 14 heavy (non-hydrogen) atoms. The van der Waals surface area contributed by atoms with E-state index in [1.165, 1.54) is 0 Å². The van der Waals surface area contributed by atoms with Gasteiger partial charge in [0.2, 0.25) is 0 Å². The zero-order chi connectivity index (χ0) is 10.9. The molecule has 2 nitrogen and oxygen atoms in total. The van der Waals surface area contributed by atoms with Crippen LogP contribution in [0.2, 0.25) is 0 Å². The molecule has 0 aromatic heterocycles. The summed E-state index contributed by atoms with van der Waals surface area (Å²) in [6.07, 6.45) is 0. The van der Waals surface area contributed by atoms with Gasteiger partial charge in [0, 0.05) is 5.56 Å². The number of ether oxygens (including phenoxy) is 1. The number of phenolic OH excluding ortho intramolecular Hbond substituents is 1. The third kappa shape index (κ3) is 2.00. The summed E-state index contributed by atoms with van der Waals surface area (Å²) in [4.78, 5) is 0. The first kappa shape index (κ1) is 10.9. The smallest absolute Gasteiger partial charge is 0.164 e. The number of aromatic hydroxyl groups is 1. The SMILES string of the molecule is COc1c(O)cc(C)cc1C(C)(C)C. The van der Waals surface area contributed by atoms with E-state index in [-0.39, 0.29) is 11.2 Å². The number of hydrogen-bond acceptors (Lipinski definition) is 2. The summed E-state index contributed by atoms with van der Waals surface area (Å²) < 4.78 is 5.21. The third-order valence-electron chi connectivity index (χ3n) is 2.23. The predicted octanol–water partition coefficient (Wildman–Crippen LogP) is 3.01. The third-order valence-corrected chi connectivity index (χ3v) is 2.23. The minimum absolute atomic E-state index is 0.0190. The molecule has 0 bridgehead atoms. The molecule has 0 amide bonds. The number of aryl methyl sites for hydroxylation is 1.